The van der Waals surface area contributed by atoms with Crippen molar-refractivity contribution in [3.05, 3.63) is 72.3 Å². The molecule has 1 heterocycles. The van der Waals surface area contributed by atoms with Crippen LogP contribution in [0.15, 0.2) is 76.6 Å². The zero-order valence-corrected chi connectivity index (χ0v) is 19.6. The van der Waals surface area contributed by atoms with E-state index in [2.05, 4.69) is 10.1 Å². The number of para-hydroxylation sites is 1. The van der Waals surface area contributed by atoms with Gasteiger partial charge in [0.05, 0.1) is 30.9 Å². The molecule has 0 bridgehead atoms. The summed E-state index contributed by atoms with van der Waals surface area (Å²) in [5.41, 5.74) is 2.66. The Morgan fingerprint density at radius 2 is 1.71 bits per heavy atom. The molecule has 3 aromatic carbocycles. The summed E-state index contributed by atoms with van der Waals surface area (Å²) < 4.78 is 51.7. The smallest absolute Gasteiger partial charge is 0.493 e. The van der Waals surface area contributed by atoms with Gasteiger partial charge in [-0.2, -0.15) is 0 Å². The van der Waals surface area contributed by atoms with Gasteiger partial charge in [-0.3, -0.25) is 9.79 Å². The van der Waals surface area contributed by atoms with E-state index in [1.807, 2.05) is 36.4 Å². The van der Waals surface area contributed by atoms with Crippen LogP contribution in [0.1, 0.15) is 12.0 Å². The highest BCUT2D eigenvalue weighted by molar-refractivity contribution is 8.01. The van der Waals surface area contributed by atoms with E-state index in [1.165, 1.54) is 23.9 Å². The first kappa shape index (κ1) is 24.5. The van der Waals surface area contributed by atoms with Crippen LogP contribution < -0.4 is 19.5 Å². The number of thioether (sulfide) groups is 1. The molecule has 0 aliphatic carbocycles. The second-order valence-electron chi connectivity index (χ2n) is 7.47. The van der Waals surface area contributed by atoms with E-state index < -0.39 is 6.36 Å². The second kappa shape index (κ2) is 10.3. The van der Waals surface area contributed by atoms with Crippen LogP contribution >= 0.6 is 11.8 Å². The van der Waals surface area contributed by atoms with Crippen molar-refractivity contribution < 1.29 is 32.2 Å². The summed E-state index contributed by atoms with van der Waals surface area (Å²) in [4.78, 5) is 18.6. The molecular weight excluding hydrogens is 481 g/mol. The van der Waals surface area contributed by atoms with Gasteiger partial charge in [-0.15, -0.1) is 24.9 Å². The van der Waals surface area contributed by atoms with Crippen molar-refractivity contribution in [2.45, 2.75) is 22.9 Å². The first-order valence-corrected chi connectivity index (χ1v) is 11.4. The van der Waals surface area contributed by atoms with Crippen molar-refractivity contribution in [3.63, 3.8) is 0 Å². The van der Waals surface area contributed by atoms with Gasteiger partial charge in [0.2, 0.25) is 5.91 Å². The van der Waals surface area contributed by atoms with Crippen LogP contribution in [0.5, 0.6) is 17.2 Å². The fraction of sp³-hybridized carbons (Fsp3) is 0.200. The molecule has 1 aliphatic rings. The molecule has 1 atom stereocenters. The molecule has 182 valence electrons. The first-order chi connectivity index (χ1) is 16.8. The standard InChI is InChI=1S/C25H21F3N2O4S/c1-32-19-12-7-15(13-20(19)33-2)24-22(35-21-6-4-3-5-18(21)30-24)14-23(31)29-16-8-10-17(11-9-16)34-25(26,27)28/h3-13,22H,14H2,1-2H3,(H,29,31). The highest BCUT2D eigenvalue weighted by atomic mass is 32.2. The molecule has 1 unspecified atom stereocenters. The molecule has 35 heavy (non-hydrogen) atoms. The molecule has 0 radical (unpaired) electrons. The first-order valence-electron chi connectivity index (χ1n) is 10.5. The van der Waals surface area contributed by atoms with Crippen LogP contribution in [0, 0.1) is 0 Å². The lowest BCUT2D eigenvalue weighted by atomic mass is 10.0. The number of carbonyl (C=O) groups is 1. The van der Waals surface area contributed by atoms with Crippen LogP contribution in [0.2, 0.25) is 0 Å². The van der Waals surface area contributed by atoms with Gasteiger partial charge in [0.1, 0.15) is 5.75 Å². The van der Waals surface area contributed by atoms with E-state index in [-0.39, 0.29) is 23.3 Å². The molecule has 1 aliphatic heterocycles. The maximum Gasteiger partial charge on any atom is 0.573 e. The van der Waals surface area contributed by atoms with Crippen molar-refractivity contribution >= 4 is 34.8 Å². The van der Waals surface area contributed by atoms with E-state index in [4.69, 9.17) is 14.5 Å². The fourth-order valence-electron chi connectivity index (χ4n) is 3.56. The lowest BCUT2D eigenvalue weighted by Crippen LogP contribution is -2.27. The number of rotatable bonds is 7. The molecule has 10 heteroatoms. The van der Waals surface area contributed by atoms with Crippen molar-refractivity contribution in [2.75, 3.05) is 19.5 Å². The molecule has 1 N–H and O–H groups in total. The number of hydrogen-bond acceptors (Lipinski definition) is 6. The maximum absolute atomic E-state index is 12.9. The normalized spacial score (nSPS) is 15.0. The largest absolute Gasteiger partial charge is 0.573 e. The Labute approximate surface area is 204 Å². The molecule has 6 nitrogen and oxygen atoms in total. The quantitative estimate of drug-likeness (QED) is 0.415. The summed E-state index contributed by atoms with van der Waals surface area (Å²) in [5, 5.41) is 2.42. The highest BCUT2D eigenvalue weighted by Crippen LogP contribution is 2.41. The van der Waals surface area contributed by atoms with E-state index in [0.717, 1.165) is 28.3 Å². The second-order valence-corrected chi connectivity index (χ2v) is 8.71. The van der Waals surface area contributed by atoms with Gasteiger partial charge in [0, 0.05) is 22.6 Å². The lowest BCUT2D eigenvalue weighted by molar-refractivity contribution is -0.274. The molecule has 3 aromatic rings. The maximum atomic E-state index is 12.9. The summed E-state index contributed by atoms with van der Waals surface area (Å²) in [5.74, 6) is 0.450. The minimum Gasteiger partial charge on any atom is -0.493 e. The Hall–Kier alpha value is -3.66. The van der Waals surface area contributed by atoms with Crippen LogP contribution in [0.3, 0.4) is 0 Å². The fourth-order valence-corrected chi connectivity index (χ4v) is 4.80. The number of nitrogens with one attached hydrogen (secondary N) is 1. The zero-order valence-electron chi connectivity index (χ0n) is 18.8. The number of methoxy groups -OCH3 is 2. The number of anilines is 1. The Morgan fingerprint density at radius 1 is 1.00 bits per heavy atom. The molecule has 4 rings (SSSR count). The van der Waals surface area contributed by atoms with Gasteiger partial charge in [-0.05, 0) is 54.6 Å². The SMILES string of the molecule is COc1ccc(C2=Nc3ccccc3SC2CC(=O)Nc2ccc(OC(F)(F)F)cc2)cc1OC. The molecule has 1 amide bonds. The molecule has 0 aromatic heterocycles. The minimum absolute atomic E-state index is 0.0903. The van der Waals surface area contributed by atoms with E-state index in [9.17, 15) is 18.0 Å². The average molecular weight is 503 g/mol. The average Bonchev–Trinajstić information content (AvgIpc) is 2.83. The van der Waals surface area contributed by atoms with Gasteiger partial charge in [0.15, 0.2) is 11.5 Å². The van der Waals surface area contributed by atoms with Crippen molar-refractivity contribution in [3.8, 4) is 17.2 Å². The zero-order chi connectivity index (χ0) is 25.0. The van der Waals surface area contributed by atoms with Gasteiger partial charge in [-0.25, -0.2) is 0 Å². The number of ether oxygens (including phenoxy) is 3. The summed E-state index contributed by atoms with van der Waals surface area (Å²) in [6.07, 6.45) is -4.69. The number of benzene rings is 3. The molecule has 0 saturated carbocycles. The summed E-state index contributed by atoms with van der Waals surface area (Å²) in [6.45, 7) is 0. The lowest BCUT2D eigenvalue weighted by Gasteiger charge is -2.25. The number of aliphatic imine (C=N–C) groups is 1. The van der Waals surface area contributed by atoms with Crippen molar-refractivity contribution in [1.82, 2.24) is 0 Å². The number of amides is 1. The summed E-state index contributed by atoms with van der Waals surface area (Å²) in [7, 11) is 3.10. The number of carbonyl (C=O) groups excluding carboxylic acids is 1. The van der Waals surface area contributed by atoms with Gasteiger partial charge in [0.25, 0.3) is 0 Å². The van der Waals surface area contributed by atoms with E-state index in [1.54, 1.807) is 20.3 Å². The molecule has 0 saturated heterocycles. The Bertz CT molecular complexity index is 1250. The van der Waals surface area contributed by atoms with Crippen molar-refractivity contribution in [1.29, 1.82) is 0 Å². The number of hydrogen-bond donors (Lipinski definition) is 1. The predicted molar refractivity (Wildman–Crippen MR) is 128 cm³/mol. The Kier molecular flexibility index (Phi) is 7.20. The molecular formula is C25H21F3N2O4S. The monoisotopic (exact) mass is 502 g/mol. The van der Waals surface area contributed by atoms with Crippen LogP contribution in [-0.4, -0.2) is 37.5 Å². The molecule has 0 fully saturated rings. The summed E-state index contributed by atoms with van der Waals surface area (Å²) in [6, 6.07) is 18.1. The van der Waals surface area contributed by atoms with Crippen LogP contribution in [0.4, 0.5) is 24.5 Å². The van der Waals surface area contributed by atoms with Crippen LogP contribution in [0.25, 0.3) is 0 Å². The number of halogens is 3. The third-order valence-electron chi connectivity index (χ3n) is 5.10. The van der Waals surface area contributed by atoms with Gasteiger partial charge in [-0.1, -0.05) is 12.1 Å². The third kappa shape index (κ3) is 6.07. The van der Waals surface area contributed by atoms with Crippen molar-refractivity contribution in [2.24, 2.45) is 4.99 Å². The van der Waals surface area contributed by atoms with Crippen LogP contribution in [-0.2, 0) is 4.79 Å². The number of nitrogens with zero attached hydrogens (tertiary/aromatic N) is 1. The number of fused-ring (bicyclic) bond motifs is 1. The topological polar surface area (TPSA) is 69.2 Å². The van der Waals surface area contributed by atoms with Gasteiger partial charge < -0.3 is 19.5 Å². The minimum atomic E-state index is -4.78. The Morgan fingerprint density at radius 3 is 2.40 bits per heavy atom. The molecule has 0 spiro atoms. The van der Waals surface area contributed by atoms with E-state index >= 15 is 0 Å². The highest BCUT2D eigenvalue weighted by Gasteiger charge is 2.31. The third-order valence-corrected chi connectivity index (χ3v) is 6.38. The number of alkyl halides is 3. The van der Waals surface area contributed by atoms with Gasteiger partial charge >= 0.3 is 6.36 Å². The Balaban J connectivity index is 1.55. The summed E-state index contributed by atoms with van der Waals surface area (Å²) >= 11 is 1.52. The van der Waals surface area contributed by atoms with E-state index in [0.29, 0.717) is 22.9 Å². The predicted octanol–water partition coefficient (Wildman–Crippen LogP) is 6.23.